The van der Waals surface area contributed by atoms with Crippen molar-refractivity contribution < 1.29 is 0 Å². The Morgan fingerprint density at radius 3 is 2.65 bits per heavy atom. The lowest BCUT2D eigenvalue weighted by atomic mass is 10.2. The number of aryl methyl sites for hydroxylation is 1. The molecule has 3 rings (SSSR count). The van der Waals surface area contributed by atoms with E-state index in [1.165, 1.54) is 4.57 Å². The molecule has 0 saturated heterocycles. The zero-order chi connectivity index (χ0) is 12.0. The molecule has 0 aliphatic heterocycles. The summed E-state index contributed by atoms with van der Waals surface area (Å²) >= 11 is 0. The highest BCUT2D eigenvalue weighted by atomic mass is 16.1. The highest BCUT2D eigenvalue weighted by molar-refractivity contribution is 5.86. The Morgan fingerprint density at radius 1 is 1.12 bits per heavy atom. The van der Waals surface area contributed by atoms with Crippen molar-refractivity contribution in [2.24, 2.45) is 7.05 Å². The molecule has 0 bridgehead atoms. The van der Waals surface area contributed by atoms with Crippen LogP contribution in [-0.2, 0) is 7.05 Å². The molecule has 0 unspecified atom stereocenters. The summed E-state index contributed by atoms with van der Waals surface area (Å²) in [6.07, 6.45) is 0. The van der Waals surface area contributed by atoms with Gasteiger partial charge in [-0.25, -0.2) is 0 Å². The molecule has 2 aromatic heterocycles. The second-order valence-electron chi connectivity index (χ2n) is 3.73. The molecule has 0 saturated carbocycles. The SMILES string of the molecule is Cn1c(=O)c2n[nH]nc2c(=O)c2ccccc21. The van der Waals surface area contributed by atoms with E-state index in [0.29, 0.717) is 10.9 Å². The van der Waals surface area contributed by atoms with Crippen LogP contribution < -0.4 is 11.0 Å². The van der Waals surface area contributed by atoms with Gasteiger partial charge in [-0.05, 0) is 12.1 Å². The summed E-state index contributed by atoms with van der Waals surface area (Å²) in [5.41, 5.74) is 0.0805. The summed E-state index contributed by atoms with van der Waals surface area (Å²) in [6.45, 7) is 0. The van der Waals surface area contributed by atoms with Gasteiger partial charge in [0.05, 0.1) is 5.52 Å². The fourth-order valence-corrected chi connectivity index (χ4v) is 1.89. The van der Waals surface area contributed by atoms with E-state index in [4.69, 9.17) is 0 Å². The van der Waals surface area contributed by atoms with Gasteiger partial charge in [-0.15, -0.1) is 0 Å². The van der Waals surface area contributed by atoms with Crippen LogP contribution in [0.1, 0.15) is 0 Å². The molecular weight excluding hydrogens is 220 g/mol. The third-order valence-corrected chi connectivity index (χ3v) is 2.78. The summed E-state index contributed by atoms with van der Waals surface area (Å²) < 4.78 is 1.40. The third kappa shape index (κ3) is 1.20. The van der Waals surface area contributed by atoms with E-state index in [0.717, 1.165) is 0 Å². The maximum atomic E-state index is 12.2. The molecule has 6 heteroatoms. The largest absolute Gasteiger partial charge is 0.309 e. The standard InChI is InChI=1S/C11H8N4O2/c1-15-7-5-3-2-4-6(7)10(16)8-9(11(15)17)13-14-12-8/h2-5H,1H3,(H,12,13,14). The number of H-pyrrole nitrogens is 1. The summed E-state index contributed by atoms with van der Waals surface area (Å²) in [7, 11) is 1.61. The summed E-state index contributed by atoms with van der Waals surface area (Å²) in [5.74, 6) is 0. The maximum absolute atomic E-state index is 12.2. The highest BCUT2D eigenvalue weighted by Crippen LogP contribution is 2.08. The molecule has 1 N–H and O–H groups in total. The fourth-order valence-electron chi connectivity index (χ4n) is 1.89. The van der Waals surface area contributed by atoms with Gasteiger partial charge in [0.2, 0.25) is 5.43 Å². The Labute approximate surface area is 94.5 Å². The Morgan fingerprint density at radius 2 is 1.82 bits per heavy atom. The molecule has 2 heterocycles. The minimum atomic E-state index is -0.341. The fraction of sp³-hybridized carbons (Fsp3) is 0.0909. The lowest BCUT2D eigenvalue weighted by molar-refractivity contribution is 0.905. The highest BCUT2D eigenvalue weighted by Gasteiger charge is 2.11. The third-order valence-electron chi connectivity index (χ3n) is 2.78. The topological polar surface area (TPSA) is 80.6 Å². The van der Waals surface area contributed by atoms with Crippen molar-refractivity contribution in [1.82, 2.24) is 20.0 Å². The molecule has 0 amide bonds. The Kier molecular flexibility index (Phi) is 1.85. The predicted molar refractivity (Wildman–Crippen MR) is 62.9 cm³/mol. The molecule has 0 radical (unpaired) electrons. The monoisotopic (exact) mass is 228 g/mol. The van der Waals surface area contributed by atoms with Gasteiger partial charge in [0.25, 0.3) is 5.56 Å². The van der Waals surface area contributed by atoms with Gasteiger partial charge in [0, 0.05) is 12.4 Å². The molecule has 0 atom stereocenters. The number of aromatic nitrogens is 4. The Bertz CT molecular complexity index is 847. The van der Waals surface area contributed by atoms with Gasteiger partial charge >= 0.3 is 0 Å². The van der Waals surface area contributed by atoms with E-state index in [9.17, 15) is 9.59 Å². The summed E-state index contributed by atoms with van der Waals surface area (Å²) in [4.78, 5) is 24.2. The van der Waals surface area contributed by atoms with Crippen molar-refractivity contribution in [2.45, 2.75) is 0 Å². The number of nitrogens with zero attached hydrogens (tertiary/aromatic N) is 3. The van der Waals surface area contributed by atoms with Gasteiger partial charge in [-0.2, -0.15) is 15.4 Å². The van der Waals surface area contributed by atoms with Crippen LogP contribution in [0.3, 0.4) is 0 Å². The minimum absolute atomic E-state index is 0.0636. The molecule has 0 fully saturated rings. The second kappa shape index (κ2) is 3.24. The summed E-state index contributed by atoms with van der Waals surface area (Å²) in [5, 5.41) is 10.2. The number of rotatable bonds is 0. The molecule has 0 aliphatic carbocycles. The molecular formula is C11H8N4O2. The van der Waals surface area contributed by atoms with Gasteiger partial charge in [-0.3, -0.25) is 9.59 Å². The number of benzene rings is 1. The van der Waals surface area contributed by atoms with Crippen molar-refractivity contribution in [3.05, 3.63) is 44.8 Å². The van der Waals surface area contributed by atoms with Crippen molar-refractivity contribution in [3.8, 4) is 0 Å². The molecule has 0 spiro atoms. The lowest BCUT2D eigenvalue weighted by Crippen LogP contribution is -2.14. The van der Waals surface area contributed by atoms with Crippen LogP contribution in [0.4, 0.5) is 0 Å². The Hall–Kier alpha value is -2.50. The second-order valence-corrected chi connectivity index (χ2v) is 3.73. The lowest BCUT2D eigenvalue weighted by Gasteiger charge is -1.96. The molecule has 1 aromatic carbocycles. The van der Waals surface area contributed by atoms with Gasteiger partial charge < -0.3 is 4.57 Å². The normalized spacial score (nSPS) is 11.1. The van der Waals surface area contributed by atoms with E-state index >= 15 is 0 Å². The van der Waals surface area contributed by atoms with E-state index < -0.39 is 0 Å². The van der Waals surface area contributed by atoms with Crippen molar-refractivity contribution in [1.29, 1.82) is 0 Å². The van der Waals surface area contributed by atoms with Crippen LogP contribution in [0.5, 0.6) is 0 Å². The number of nitrogens with one attached hydrogen (secondary N) is 1. The van der Waals surface area contributed by atoms with E-state index in [1.54, 1.807) is 31.3 Å². The predicted octanol–water partition coefficient (Wildman–Crippen LogP) is 0.170. The minimum Gasteiger partial charge on any atom is -0.309 e. The van der Waals surface area contributed by atoms with Crippen LogP contribution in [0.2, 0.25) is 0 Å². The Balaban J connectivity index is 2.85. The number of fused-ring (bicyclic) bond motifs is 2. The van der Waals surface area contributed by atoms with Crippen LogP contribution in [-0.4, -0.2) is 20.0 Å². The maximum Gasteiger partial charge on any atom is 0.281 e. The first-order valence-electron chi connectivity index (χ1n) is 5.02. The molecule has 17 heavy (non-hydrogen) atoms. The smallest absolute Gasteiger partial charge is 0.281 e. The van der Waals surface area contributed by atoms with E-state index in [2.05, 4.69) is 15.4 Å². The van der Waals surface area contributed by atoms with E-state index in [1.807, 2.05) is 0 Å². The van der Waals surface area contributed by atoms with Crippen LogP contribution in [0, 0.1) is 0 Å². The zero-order valence-corrected chi connectivity index (χ0v) is 8.97. The molecule has 84 valence electrons. The first-order valence-corrected chi connectivity index (χ1v) is 5.02. The van der Waals surface area contributed by atoms with Gasteiger partial charge in [0.15, 0.2) is 11.0 Å². The van der Waals surface area contributed by atoms with Crippen molar-refractivity contribution >= 4 is 21.9 Å². The van der Waals surface area contributed by atoms with Gasteiger partial charge in [-0.1, -0.05) is 12.1 Å². The molecule has 3 aromatic rings. The van der Waals surface area contributed by atoms with Crippen LogP contribution in [0.25, 0.3) is 21.9 Å². The number of hydrogen-bond donors (Lipinski definition) is 1. The number of para-hydroxylation sites is 1. The number of hydrogen-bond acceptors (Lipinski definition) is 4. The van der Waals surface area contributed by atoms with Crippen LogP contribution >= 0.6 is 0 Å². The van der Waals surface area contributed by atoms with E-state index in [-0.39, 0.29) is 22.0 Å². The summed E-state index contributed by atoms with van der Waals surface area (Å²) in [6, 6.07) is 6.92. The molecule has 0 aliphatic rings. The first-order chi connectivity index (χ1) is 8.20. The van der Waals surface area contributed by atoms with Crippen LogP contribution in [0.15, 0.2) is 33.9 Å². The first kappa shape index (κ1) is 9.71. The zero-order valence-electron chi connectivity index (χ0n) is 8.97. The van der Waals surface area contributed by atoms with Gasteiger partial charge in [0.1, 0.15) is 0 Å². The average Bonchev–Trinajstić information content (AvgIpc) is 2.82. The molecule has 6 nitrogen and oxygen atoms in total. The number of aromatic amines is 1. The average molecular weight is 228 g/mol. The van der Waals surface area contributed by atoms with Crippen molar-refractivity contribution in [2.75, 3.05) is 0 Å². The van der Waals surface area contributed by atoms with Crippen molar-refractivity contribution in [3.63, 3.8) is 0 Å². The quantitative estimate of drug-likeness (QED) is 0.594.